The van der Waals surface area contributed by atoms with Crippen molar-refractivity contribution in [2.45, 2.75) is 43.9 Å². The van der Waals surface area contributed by atoms with E-state index < -0.39 is 13.6 Å². The molecule has 1 aliphatic carbocycles. The first-order valence-electron chi connectivity index (χ1n) is 4.69. The molecule has 1 rings (SSSR count). The second kappa shape index (κ2) is 4.92. The fourth-order valence-corrected chi connectivity index (χ4v) is 3.67. The third-order valence-corrected chi connectivity index (χ3v) is 4.66. The summed E-state index contributed by atoms with van der Waals surface area (Å²) in [5.74, 6) is 0.694. The molecular formula is C10H18CoO. The maximum atomic E-state index is 11.6. The summed E-state index contributed by atoms with van der Waals surface area (Å²) in [4.78, 5) is 0.439. The van der Waals surface area contributed by atoms with Crippen LogP contribution in [0.3, 0.4) is 0 Å². The third kappa shape index (κ3) is 2.27. The summed E-state index contributed by atoms with van der Waals surface area (Å²) in [5, 5.41) is 1.64. The zero-order chi connectivity index (χ0) is 8.97. The van der Waals surface area contributed by atoms with Gasteiger partial charge in [0.25, 0.3) is 0 Å². The molecule has 1 saturated carbocycles. The summed E-state index contributed by atoms with van der Waals surface area (Å²) in [6.45, 7) is 5.82. The van der Waals surface area contributed by atoms with Gasteiger partial charge in [-0.25, -0.2) is 0 Å². The van der Waals surface area contributed by atoms with Gasteiger partial charge < -0.3 is 0 Å². The Labute approximate surface area is 79.2 Å². The van der Waals surface area contributed by atoms with Crippen molar-refractivity contribution in [2.24, 2.45) is 5.92 Å². The van der Waals surface area contributed by atoms with Gasteiger partial charge in [0, 0.05) is 0 Å². The minimum absolute atomic E-state index is 0.439. The molecule has 2 unspecified atom stereocenters. The quantitative estimate of drug-likeness (QED) is 0.701. The summed E-state index contributed by atoms with van der Waals surface area (Å²) < 4.78 is 11.6. The van der Waals surface area contributed by atoms with Crippen molar-refractivity contribution in [3.8, 4) is 0 Å². The Bertz CT molecular complexity index is 177. The predicted octanol–water partition coefficient (Wildman–Crippen LogP) is 3.48. The molecule has 12 heavy (non-hydrogen) atoms. The van der Waals surface area contributed by atoms with Crippen LogP contribution >= 0.6 is 0 Å². The summed E-state index contributed by atoms with van der Waals surface area (Å²) in [5.41, 5.74) is 0. The number of rotatable bonds is 3. The van der Waals surface area contributed by atoms with Gasteiger partial charge in [0.15, 0.2) is 0 Å². The normalized spacial score (nSPS) is 31.2. The fraction of sp³-hybridized carbons (Fsp3) is 0.800. The fourth-order valence-electron chi connectivity index (χ4n) is 1.95. The summed E-state index contributed by atoms with van der Waals surface area (Å²) in [7, 11) is 0. The first kappa shape index (κ1) is 10.1. The molecule has 1 fully saturated rings. The standard InChI is InChI=1S/C8H15.C2H3.Co.O/c1-2-8-6-4-3-5-7-8;1-2;;/h6,8H,2-5,7H2,1H3;1H,2H2;;. The molecule has 1 nitrogen and oxygen atoms in total. The van der Waals surface area contributed by atoms with E-state index in [1.807, 2.05) is 0 Å². The Hall–Kier alpha value is 0.0465. The van der Waals surface area contributed by atoms with Crippen LogP contribution in [0.2, 0.25) is 4.85 Å². The molecule has 0 N–H and O–H groups in total. The van der Waals surface area contributed by atoms with Crippen LogP contribution in [0.4, 0.5) is 0 Å². The van der Waals surface area contributed by atoms with E-state index in [1.54, 1.807) is 5.01 Å². The Kier molecular flexibility index (Phi) is 4.16. The van der Waals surface area contributed by atoms with E-state index in [2.05, 4.69) is 13.5 Å². The molecule has 2 atom stereocenters. The molecule has 0 saturated heterocycles. The van der Waals surface area contributed by atoms with Gasteiger partial charge in [-0.05, 0) is 0 Å². The van der Waals surface area contributed by atoms with Crippen LogP contribution in [0.5, 0.6) is 0 Å². The van der Waals surface area contributed by atoms with Crippen molar-refractivity contribution < 1.29 is 17.5 Å². The van der Waals surface area contributed by atoms with E-state index >= 15 is 0 Å². The van der Waals surface area contributed by atoms with E-state index in [-0.39, 0.29) is 0 Å². The predicted molar refractivity (Wildman–Crippen MR) is 46.9 cm³/mol. The minimum atomic E-state index is -1.11. The molecule has 0 bridgehead atoms. The van der Waals surface area contributed by atoms with E-state index in [1.165, 1.54) is 25.7 Å². The third-order valence-electron chi connectivity index (χ3n) is 2.68. The van der Waals surface area contributed by atoms with Gasteiger partial charge in [-0.2, -0.15) is 0 Å². The van der Waals surface area contributed by atoms with Gasteiger partial charge in [0.2, 0.25) is 0 Å². The van der Waals surface area contributed by atoms with Crippen molar-refractivity contribution in [1.29, 1.82) is 0 Å². The second-order valence-electron chi connectivity index (χ2n) is 3.34. The average Bonchev–Trinajstić information content (AvgIpc) is 2.16. The topological polar surface area (TPSA) is 17.1 Å². The second-order valence-corrected chi connectivity index (χ2v) is 5.37. The molecular weight excluding hydrogens is 195 g/mol. The number of hydrogen-bond acceptors (Lipinski definition) is 1. The molecule has 2 heteroatoms. The van der Waals surface area contributed by atoms with Crippen LogP contribution in [0.25, 0.3) is 0 Å². The molecule has 0 amide bonds. The van der Waals surface area contributed by atoms with Crippen LogP contribution < -0.4 is 0 Å². The average molecular weight is 213 g/mol. The van der Waals surface area contributed by atoms with Crippen molar-refractivity contribution in [3.05, 3.63) is 11.6 Å². The Balaban J connectivity index is 2.58. The van der Waals surface area contributed by atoms with Crippen LogP contribution in [-0.4, -0.2) is 0 Å². The van der Waals surface area contributed by atoms with Gasteiger partial charge >= 0.3 is 78.8 Å². The van der Waals surface area contributed by atoms with Crippen molar-refractivity contribution in [1.82, 2.24) is 0 Å². The molecule has 73 valence electrons. The zero-order valence-electron chi connectivity index (χ0n) is 7.72. The van der Waals surface area contributed by atoms with Crippen molar-refractivity contribution >= 4 is 0 Å². The maximum absolute atomic E-state index is 11.6. The Morgan fingerprint density at radius 3 is 2.75 bits per heavy atom. The molecule has 0 radical (unpaired) electrons. The van der Waals surface area contributed by atoms with E-state index in [0.29, 0.717) is 10.8 Å². The first-order valence-corrected chi connectivity index (χ1v) is 6.32. The summed E-state index contributed by atoms with van der Waals surface area (Å²) >= 11 is -1.11. The monoisotopic (exact) mass is 213 g/mol. The van der Waals surface area contributed by atoms with Gasteiger partial charge in [-0.1, -0.05) is 0 Å². The van der Waals surface area contributed by atoms with Gasteiger partial charge in [-0.3, -0.25) is 0 Å². The molecule has 0 aliphatic heterocycles. The molecule has 0 spiro atoms. The molecule has 0 aromatic carbocycles. The molecule has 0 aromatic heterocycles. The SMILES string of the molecule is C=[CH][Co](=[O])[CH]1CCCCC1CC. The summed E-state index contributed by atoms with van der Waals surface area (Å²) in [6, 6.07) is 0. The molecule has 0 heterocycles. The van der Waals surface area contributed by atoms with Gasteiger partial charge in [0.05, 0.1) is 0 Å². The van der Waals surface area contributed by atoms with Gasteiger partial charge in [-0.15, -0.1) is 0 Å². The van der Waals surface area contributed by atoms with Crippen LogP contribution in [0, 0.1) is 5.92 Å². The zero-order valence-corrected chi connectivity index (χ0v) is 8.76. The van der Waals surface area contributed by atoms with Crippen molar-refractivity contribution in [3.63, 3.8) is 0 Å². The Morgan fingerprint density at radius 1 is 1.50 bits per heavy atom. The van der Waals surface area contributed by atoms with E-state index in [9.17, 15) is 3.87 Å². The van der Waals surface area contributed by atoms with Crippen LogP contribution in [-0.2, 0) is 17.5 Å². The van der Waals surface area contributed by atoms with Gasteiger partial charge in [0.1, 0.15) is 0 Å². The van der Waals surface area contributed by atoms with E-state index in [0.717, 1.165) is 6.42 Å². The summed E-state index contributed by atoms with van der Waals surface area (Å²) in [6.07, 6.45) is 6.19. The van der Waals surface area contributed by atoms with Crippen LogP contribution in [0.1, 0.15) is 39.0 Å². The first-order chi connectivity index (χ1) is 5.79. The van der Waals surface area contributed by atoms with E-state index in [4.69, 9.17) is 0 Å². The van der Waals surface area contributed by atoms with Crippen LogP contribution in [0.15, 0.2) is 11.6 Å². The number of hydrogen-bond donors (Lipinski definition) is 0. The van der Waals surface area contributed by atoms with Crippen molar-refractivity contribution in [2.75, 3.05) is 0 Å². The molecule has 0 aromatic rings. The molecule has 1 aliphatic rings. The Morgan fingerprint density at radius 2 is 2.17 bits per heavy atom.